The molecule has 1 aliphatic rings. The minimum Gasteiger partial charge on any atom is -0.455 e. The molecule has 0 spiro atoms. The maximum atomic E-state index is 13.1. The van der Waals surface area contributed by atoms with Crippen LogP contribution in [0.3, 0.4) is 0 Å². The quantitative estimate of drug-likeness (QED) is 0.0920. The summed E-state index contributed by atoms with van der Waals surface area (Å²) in [5.41, 5.74) is 4.64. The number of fused-ring (bicyclic) bond motifs is 1. The maximum absolute atomic E-state index is 13.1. The number of aliphatic imine (C=N–C) groups is 1. The van der Waals surface area contributed by atoms with Crippen molar-refractivity contribution < 1.29 is 23.9 Å². The first kappa shape index (κ1) is 45.8. The van der Waals surface area contributed by atoms with Gasteiger partial charge in [0, 0.05) is 39.5 Å². The van der Waals surface area contributed by atoms with E-state index in [0.717, 1.165) is 42.7 Å². The third-order valence-electron chi connectivity index (χ3n) is 8.98. The van der Waals surface area contributed by atoms with Crippen LogP contribution < -0.4 is 10.9 Å². The van der Waals surface area contributed by atoms with Crippen molar-refractivity contribution in [2.75, 3.05) is 18.4 Å². The molecule has 304 valence electrons. The predicted octanol–water partition coefficient (Wildman–Crippen LogP) is 9.20. The second-order valence-electron chi connectivity index (χ2n) is 13.4. The van der Waals surface area contributed by atoms with Crippen LogP contribution in [0, 0.1) is 25.2 Å². The first-order valence-electron chi connectivity index (χ1n) is 18.9. The number of ether oxygens (including phenoxy) is 2. The number of para-hydroxylation sites is 2. The van der Waals surface area contributed by atoms with E-state index in [9.17, 15) is 19.2 Å². The first-order chi connectivity index (χ1) is 27.4. The molecular formula is C46H54N6O6. The van der Waals surface area contributed by atoms with Crippen molar-refractivity contribution in [2.45, 2.75) is 87.4 Å². The number of nitriles is 1. The van der Waals surface area contributed by atoms with Crippen molar-refractivity contribution in [1.82, 2.24) is 14.5 Å². The zero-order chi connectivity index (χ0) is 41.5. The van der Waals surface area contributed by atoms with Gasteiger partial charge in [-0.25, -0.2) is 9.98 Å². The SMILES string of the molecule is C.CC#N.CC(=O)OC(C)c1nc2cccc(C)c2c(=O)n1-c1ccccc1.CC(=O)O[C@@H](C)C(=Nc1cccc(C)c1C(=O)Nc1ccccc1)N1CCCCC1. The van der Waals surface area contributed by atoms with Gasteiger partial charge >= 0.3 is 11.9 Å². The molecule has 1 aliphatic heterocycles. The third-order valence-corrected chi connectivity index (χ3v) is 8.98. The fraction of sp³-hybridized carbons (Fsp3) is 0.326. The average Bonchev–Trinajstić information content (AvgIpc) is 3.18. The minimum atomic E-state index is -0.639. The van der Waals surface area contributed by atoms with E-state index in [-0.39, 0.29) is 24.9 Å². The predicted molar refractivity (Wildman–Crippen MR) is 230 cm³/mol. The molecule has 1 fully saturated rings. The highest BCUT2D eigenvalue weighted by Gasteiger charge is 2.25. The molecule has 1 aromatic heterocycles. The highest BCUT2D eigenvalue weighted by Crippen LogP contribution is 2.27. The molecule has 6 rings (SSSR count). The summed E-state index contributed by atoms with van der Waals surface area (Å²) in [5, 5.41) is 10.8. The molecule has 0 radical (unpaired) electrons. The molecule has 1 saturated heterocycles. The minimum absolute atomic E-state index is 0. The molecule has 0 aliphatic carbocycles. The summed E-state index contributed by atoms with van der Waals surface area (Å²) in [4.78, 5) is 60.8. The van der Waals surface area contributed by atoms with Gasteiger partial charge in [0.2, 0.25) is 0 Å². The Morgan fingerprint density at radius 3 is 1.98 bits per heavy atom. The first-order valence-corrected chi connectivity index (χ1v) is 18.9. The van der Waals surface area contributed by atoms with Gasteiger partial charge in [-0.15, -0.1) is 0 Å². The monoisotopic (exact) mass is 786 g/mol. The Morgan fingerprint density at radius 2 is 1.38 bits per heavy atom. The summed E-state index contributed by atoms with van der Waals surface area (Å²) >= 11 is 0. The molecule has 1 unspecified atom stereocenters. The van der Waals surface area contributed by atoms with Gasteiger partial charge in [0.25, 0.3) is 11.5 Å². The van der Waals surface area contributed by atoms with E-state index in [1.165, 1.54) is 31.8 Å². The van der Waals surface area contributed by atoms with Gasteiger partial charge in [0.05, 0.1) is 33.9 Å². The Labute approximate surface area is 341 Å². The number of hydrogen-bond donors (Lipinski definition) is 1. The third kappa shape index (κ3) is 12.2. The molecule has 1 N–H and O–H groups in total. The van der Waals surface area contributed by atoms with E-state index in [4.69, 9.17) is 19.7 Å². The number of likely N-dealkylation sites (tertiary alicyclic amines) is 1. The van der Waals surface area contributed by atoms with Crippen LogP contribution in [0.4, 0.5) is 11.4 Å². The lowest BCUT2D eigenvalue weighted by Crippen LogP contribution is -2.42. The number of anilines is 1. The fourth-order valence-corrected chi connectivity index (χ4v) is 6.54. The molecular weight excluding hydrogens is 733 g/mol. The Hall–Kier alpha value is -6.61. The second kappa shape index (κ2) is 22.2. The number of amides is 1. The van der Waals surface area contributed by atoms with Crippen molar-refractivity contribution in [3.05, 3.63) is 130 Å². The molecule has 0 saturated carbocycles. The van der Waals surface area contributed by atoms with Crippen LogP contribution in [0.2, 0.25) is 0 Å². The van der Waals surface area contributed by atoms with Crippen LogP contribution in [-0.2, 0) is 19.1 Å². The van der Waals surface area contributed by atoms with Gasteiger partial charge in [-0.1, -0.05) is 68.1 Å². The number of carbonyl (C=O) groups is 3. The number of amidine groups is 1. The summed E-state index contributed by atoms with van der Waals surface area (Å²) in [6.07, 6.45) is 2.19. The maximum Gasteiger partial charge on any atom is 0.303 e. The number of nitrogens with one attached hydrogen (secondary N) is 1. The number of esters is 2. The number of benzene rings is 4. The molecule has 12 nitrogen and oxygen atoms in total. The lowest BCUT2D eigenvalue weighted by Gasteiger charge is -2.32. The van der Waals surface area contributed by atoms with Gasteiger partial charge in [0.15, 0.2) is 18.0 Å². The number of carbonyl (C=O) groups excluding carboxylic acids is 3. The Balaban J connectivity index is 0.000000292. The highest BCUT2D eigenvalue weighted by atomic mass is 16.5. The Kier molecular flexibility index (Phi) is 17.5. The number of aromatic nitrogens is 2. The van der Waals surface area contributed by atoms with E-state index >= 15 is 0 Å². The lowest BCUT2D eigenvalue weighted by atomic mass is 10.1. The van der Waals surface area contributed by atoms with Crippen LogP contribution in [0.25, 0.3) is 16.6 Å². The van der Waals surface area contributed by atoms with Gasteiger partial charge in [-0.3, -0.25) is 23.7 Å². The largest absolute Gasteiger partial charge is 0.455 e. The molecule has 0 bridgehead atoms. The van der Waals surface area contributed by atoms with E-state index in [1.807, 2.05) is 112 Å². The topological polar surface area (TPSA) is 156 Å². The van der Waals surface area contributed by atoms with Gasteiger partial charge in [0.1, 0.15) is 5.84 Å². The van der Waals surface area contributed by atoms with Crippen molar-refractivity contribution in [2.24, 2.45) is 4.99 Å². The second-order valence-corrected chi connectivity index (χ2v) is 13.4. The highest BCUT2D eigenvalue weighted by molar-refractivity contribution is 6.09. The Morgan fingerprint density at radius 1 is 0.810 bits per heavy atom. The number of piperidine rings is 1. The zero-order valence-corrected chi connectivity index (χ0v) is 33.6. The number of aryl methyl sites for hydroxylation is 2. The van der Waals surface area contributed by atoms with Gasteiger partial charge in [-0.05, 0) is 94.5 Å². The van der Waals surface area contributed by atoms with E-state index in [2.05, 4.69) is 15.2 Å². The number of rotatable bonds is 8. The average molecular weight is 787 g/mol. The molecule has 12 heteroatoms. The zero-order valence-electron chi connectivity index (χ0n) is 33.6. The van der Waals surface area contributed by atoms with Crippen molar-refractivity contribution in [1.29, 1.82) is 5.26 Å². The van der Waals surface area contributed by atoms with E-state index < -0.39 is 18.2 Å². The number of nitrogens with zero attached hydrogens (tertiary/aromatic N) is 5. The standard InChI is InChI=1S/C24H29N3O3.C19H18N2O3.C2H3N.CH4/c1-17-11-10-14-21(22(17)24(29)25-20-12-6-4-7-13-20)26-23(18(2)30-19(3)28)27-15-8-5-9-16-27;1-12-8-7-11-16-17(12)19(23)21(15-9-5-4-6-10-15)18(20-16)13(2)24-14(3)22;1-2-3;/h4,6-7,10-14,18H,5,8-9,15-16H2,1-3H3,(H,25,29);4-11,13H,1-3H3;1H3;1H4/t18-;;;/m0.../s1. The normalized spacial score (nSPS) is 13.1. The van der Waals surface area contributed by atoms with Crippen molar-refractivity contribution in [3.63, 3.8) is 0 Å². The van der Waals surface area contributed by atoms with E-state index in [1.54, 1.807) is 19.1 Å². The van der Waals surface area contributed by atoms with Gasteiger partial charge < -0.3 is 19.7 Å². The van der Waals surface area contributed by atoms with Crippen molar-refractivity contribution >= 4 is 46.0 Å². The molecule has 4 aromatic carbocycles. The fourth-order valence-electron chi connectivity index (χ4n) is 6.54. The molecule has 2 heterocycles. The summed E-state index contributed by atoms with van der Waals surface area (Å²) in [7, 11) is 0. The lowest BCUT2D eigenvalue weighted by molar-refractivity contribution is -0.146. The molecule has 2 atom stereocenters. The summed E-state index contributed by atoms with van der Waals surface area (Å²) in [5.74, 6) is 0.110. The van der Waals surface area contributed by atoms with Crippen LogP contribution in [0.5, 0.6) is 0 Å². The van der Waals surface area contributed by atoms with E-state index in [0.29, 0.717) is 39.5 Å². The summed E-state index contributed by atoms with van der Waals surface area (Å²) in [6.45, 7) is 13.2. The smallest absolute Gasteiger partial charge is 0.303 e. The molecule has 5 aromatic rings. The number of hydrogen-bond acceptors (Lipinski definition) is 9. The Bertz CT molecular complexity index is 2290. The van der Waals surface area contributed by atoms with Crippen LogP contribution in [0.1, 0.15) is 94.7 Å². The summed E-state index contributed by atoms with van der Waals surface area (Å²) < 4.78 is 12.2. The van der Waals surface area contributed by atoms with Gasteiger partial charge in [-0.2, -0.15) is 5.26 Å². The van der Waals surface area contributed by atoms with Crippen LogP contribution in [0.15, 0.2) is 107 Å². The molecule has 1 amide bonds. The van der Waals surface area contributed by atoms with Crippen LogP contribution >= 0.6 is 0 Å². The van der Waals surface area contributed by atoms with Crippen LogP contribution in [-0.4, -0.2) is 57.3 Å². The summed E-state index contributed by atoms with van der Waals surface area (Å²) in [6, 6.07) is 31.5. The molecule has 58 heavy (non-hydrogen) atoms. The van der Waals surface area contributed by atoms with Crippen molar-refractivity contribution in [3.8, 4) is 11.8 Å².